The van der Waals surface area contributed by atoms with Gasteiger partial charge in [-0.2, -0.15) is 0 Å². The summed E-state index contributed by atoms with van der Waals surface area (Å²) in [7, 11) is 0. The van der Waals surface area contributed by atoms with Gasteiger partial charge in [-0.05, 0) is 43.7 Å². The molecule has 1 aliphatic heterocycles. The SMILES string of the molecule is C=CCOC(=O)C1=C(C)N=c2s/c(=C/c3ccc(C)o3)c(=O)n2C1c1ccc(OC(C)=O)cc1. The molecule has 174 valence electrons. The Morgan fingerprint density at radius 1 is 1.21 bits per heavy atom. The van der Waals surface area contributed by atoms with Gasteiger partial charge in [0.1, 0.15) is 23.9 Å². The van der Waals surface area contributed by atoms with E-state index in [9.17, 15) is 14.4 Å². The molecule has 9 heteroatoms. The lowest BCUT2D eigenvalue weighted by molar-refractivity contribution is -0.138. The van der Waals surface area contributed by atoms with E-state index in [2.05, 4.69) is 11.6 Å². The maximum absolute atomic E-state index is 13.5. The van der Waals surface area contributed by atoms with Crippen LogP contribution in [-0.2, 0) is 14.3 Å². The minimum atomic E-state index is -0.777. The fourth-order valence-electron chi connectivity index (χ4n) is 3.65. The van der Waals surface area contributed by atoms with E-state index in [0.29, 0.717) is 32.1 Å². The van der Waals surface area contributed by atoms with Crippen LogP contribution in [0.15, 0.2) is 74.5 Å². The number of ether oxygens (including phenoxy) is 2. The Morgan fingerprint density at radius 2 is 1.94 bits per heavy atom. The van der Waals surface area contributed by atoms with Crippen molar-refractivity contribution >= 4 is 29.4 Å². The third-order valence-electron chi connectivity index (χ3n) is 5.07. The van der Waals surface area contributed by atoms with E-state index in [-0.39, 0.29) is 17.7 Å². The van der Waals surface area contributed by atoms with E-state index in [1.54, 1.807) is 43.3 Å². The second-order valence-corrected chi connectivity index (χ2v) is 8.59. The first-order chi connectivity index (χ1) is 16.3. The lowest BCUT2D eigenvalue weighted by Crippen LogP contribution is -2.39. The molecule has 0 bridgehead atoms. The molecule has 1 atom stereocenters. The third kappa shape index (κ3) is 4.55. The monoisotopic (exact) mass is 478 g/mol. The number of nitrogens with zero attached hydrogens (tertiary/aromatic N) is 2. The van der Waals surface area contributed by atoms with Gasteiger partial charge in [0.2, 0.25) is 0 Å². The minimum absolute atomic E-state index is 0.0238. The summed E-state index contributed by atoms with van der Waals surface area (Å²) in [6.07, 6.45) is 3.13. The first-order valence-corrected chi connectivity index (χ1v) is 11.3. The van der Waals surface area contributed by atoms with E-state index in [1.807, 2.05) is 13.0 Å². The summed E-state index contributed by atoms with van der Waals surface area (Å²) in [5, 5.41) is 0. The van der Waals surface area contributed by atoms with Crippen LogP contribution in [-0.4, -0.2) is 23.1 Å². The Kier molecular flexibility index (Phi) is 6.47. The molecule has 4 rings (SSSR count). The molecule has 2 aromatic heterocycles. The molecule has 0 amide bonds. The molecular weight excluding hydrogens is 456 g/mol. The molecule has 8 nitrogen and oxygen atoms in total. The Bertz CT molecular complexity index is 1490. The lowest BCUT2D eigenvalue weighted by atomic mass is 9.96. The second kappa shape index (κ2) is 9.48. The van der Waals surface area contributed by atoms with Crippen molar-refractivity contribution in [3.05, 3.63) is 97.1 Å². The van der Waals surface area contributed by atoms with Crippen molar-refractivity contribution in [1.82, 2.24) is 4.57 Å². The maximum Gasteiger partial charge on any atom is 0.338 e. The van der Waals surface area contributed by atoms with E-state index >= 15 is 0 Å². The number of furan rings is 1. The quantitative estimate of drug-likeness (QED) is 0.307. The molecule has 0 N–H and O–H groups in total. The molecule has 3 aromatic rings. The summed E-state index contributed by atoms with van der Waals surface area (Å²) in [6, 6.07) is 9.45. The van der Waals surface area contributed by atoms with Crippen LogP contribution in [0.1, 0.15) is 37.0 Å². The van der Waals surface area contributed by atoms with E-state index in [4.69, 9.17) is 13.9 Å². The van der Waals surface area contributed by atoms with Crippen LogP contribution in [0.2, 0.25) is 0 Å². The molecule has 1 aliphatic rings. The van der Waals surface area contributed by atoms with Gasteiger partial charge < -0.3 is 13.9 Å². The molecule has 0 spiro atoms. The number of hydrogen-bond acceptors (Lipinski definition) is 8. The van der Waals surface area contributed by atoms with Crippen molar-refractivity contribution in [2.75, 3.05) is 6.61 Å². The normalized spacial score (nSPS) is 15.5. The zero-order valence-corrected chi connectivity index (χ0v) is 19.7. The Balaban J connectivity index is 1.89. The number of fused-ring (bicyclic) bond motifs is 1. The van der Waals surface area contributed by atoms with Crippen molar-refractivity contribution < 1.29 is 23.5 Å². The van der Waals surface area contributed by atoms with Crippen molar-refractivity contribution in [3.8, 4) is 5.75 Å². The van der Waals surface area contributed by atoms with Crippen LogP contribution < -0.4 is 19.6 Å². The molecule has 0 aliphatic carbocycles. The van der Waals surface area contributed by atoms with Crippen LogP contribution in [0.4, 0.5) is 0 Å². The van der Waals surface area contributed by atoms with Gasteiger partial charge in [-0.3, -0.25) is 14.2 Å². The Morgan fingerprint density at radius 3 is 2.56 bits per heavy atom. The maximum atomic E-state index is 13.5. The Labute approximate surface area is 198 Å². The van der Waals surface area contributed by atoms with Crippen LogP contribution in [0, 0.1) is 6.92 Å². The third-order valence-corrected chi connectivity index (χ3v) is 6.05. The zero-order valence-electron chi connectivity index (χ0n) is 18.9. The molecule has 34 heavy (non-hydrogen) atoms. The van der Waals surface area contributed by atoms with Gasteiger partial charge in [0.15, 0.2) is 4.80 Å². The van der Waals surface area contributed by atoms with Gasteiger partial charge in [0.25, 0.3) is 5.56 Å². The average molecular weight is 479 g/mol. The number of thiazole rings is 1. The fraction of sp³-hybridized carbons (Fsp3) is 0.200. The summed E-state index contributed by atoms with van der Waals surface area (Å²) in [6.45, 7) is 8.44. The van der Waals surface area contributed by atoms with Crippen LogP contribution >= 0.6 is 11.3 Å². The number of hydrogen-bond donors (Lipinski definition) is 0. The van der Waals surface area contributed by atoms with Gasteiger partial charge >= 0.3 is 11.9 Å². The lowest BCUT2D eigenvalue weighted by Gasteiger charge is -2.24. The van der Waals surface area contributed by atoms with E-state index < -0.39 is 18.0 Å². The number of carbonyl (C=O) groups excluding carboxylic acids is 2. The number of aryl methyl sites for hydroxylation is 1. The largest absolute Gasteiger partial charge is 0.462 e. The van der Waals surface area contributed by atoms with Gasteiger partial charge in [-0.1, -0.05) is 36.1 Å². The van der Waals surface area contributed by atoms with E-state index in [1.165, 1.54) is 28.9 Å². The second-order valence-electron chi connectivity index (χ2n) is 7.58. The summed E-state index contributed by atoms with van der Waals surface area (Å²) in [4.78, 5) is 42.7. The number of benzene rings is 1. The van der Waals surface area contributed by atoms with Crippen LogP contribution in [0.25, 0.3) is 6.08 Å². The number of aromatic nitrogens is 1. The van der Waals surface area contributed by atoms with Gasteiger partial charge in [-0.25, -0.2) is 9.79 Å². The molecule has 1 aromatic carbocycles. The zero-order chi connectivity index (χ0) is 24.4. The molecule has 3 heterocycles. The highest BCUT2D eigenvalue weighted by molar-refractivity contribution is 7.07. The minimum Gasteiger partial charge on any atom is -0.462 e. The first kappa shape index (κ1) is 23.2. The standard InChI is InChI=1S/C25H22N2O6S/c1-5-12-31-24(30)21-15(3)26-25-27(22(21)17-7-10-18(11-8-17)33-16(4)28)23(29)20(34-25)13-19-9-6-14(2)32-19/h5-11,13,22H,1,12H2,2-4H3/b20-13+. The number of rotatable bonds is 6. The topological polar surface area (TPSA) is 100 Å². The summed E-state index contributed by atoms with van der Waals surface area (Å²) < 4.78 is 17.9. The predicted octanol–water partition coefficient (Wildman–Crippen LogP) is 2.79. The smallest absolute Gasteiger partial charge is 0.338 e. The van der Waals surface area contributed by atoms with Gasteiger partial charge in [-0.15, -0.1) is 0 Å². The summed E-state index contributed by atoms with van der Waals surface area (Å²) >= 11 is 1.21. The fourth-order valence-corrected chi connectivity index (χ4v) is 4.68. The molecule has 0 saturated heterocycles. The molecule has 0 saturated carbocycles. The molecule has 0 fully saturated rings. The van der Waals surface area contributed by atoms with Gasteiger partial charge in [0.05, 0.1) is 21.8 Å². The predicted molar refractivity (Wildman–Crippen MR) is 126 cm³/mol. The van der Waals surface area contributed by atoms with Gasteiger partial charge in [0, 0.05) is 13.0 Å². The number of esters is 2. The van der Waals surface area contributed by atoms with Crippen molar-refractivity contribution in [2.24, 2.45) is 4.99 Å². The highest BCUT2D eigenvalue weighted by Gasteiger charge is 2.33. The Hall–Kier alpha value is -3.98. The number of carbonyl (C=O) groups is 2. The highest BCUT2D eigenvalue weighted by atomic mass is 32.1. The van der Waals surface area contributed by atoms with Crippen molar-refractivity contribution in [3.63, 3.8) is 0 Å². The average Bonchev–Trinajstić information content (AvgIpc) is 3.33. The molecular formula is C25H22N2O6S. The summed E-state index contributed by atoms with van der Waals surface area (Å²) in [5.41, 5.74) is 1.02. The van der Waals surface area contributed by atoms with E-state index in [0.717, 1.165) is 5.76 Å². The van der Waals surface area contributed by atoms with Crippen LogP contribution in [0.5, 0.6) is 5.75 Å². The molecule has 0 radical (unpaired) electrons. The van der Waals surface area contributed by atoms with Crippen LogP contribution in [0.3, 0.4) is 0 Å². The first-order valence-electron chi connectivity index (χ1n) is 10.4. The molecule has 1 unspecified atom stereocenters. The summed E-state index contributed by atoms with van der Waals surface area (Å²) in [5.74, 6) is 0.595. The van der Waals surface area contributed by atoms with Crippen molar-refractivity contribution in [1.29, 1.82) is 0 Å². The number of allylic oxidation sites excluding steroid dienone is 1. The highest BCUT2D eigenvalue weighted by Crippen LogP contribution is 2.31. The van der Waals surface area contributed by atoms with Crippen molar-refractivity contribution in [2.45, 2.75) is 26.8 Å².